The predicted octanol–water partition coefficient (Wildman–Crippen LogP) is 3.96. The molecule has 3 heteroatoms. The second-order valence-corrected chi connectivity index (χ2v) is 4.74. The highest BCUT2D eigenvalue weighted by atomic mass is 16.5. The molecule has 1 aromatic heterocycles. The van der Waals surface area contributed by atoms with Gasteiger partial charge in [-0.3, -0.25) is 0 Å². The molecule has 102 valence electrons. The number of ether oxygens (including phenoxy) is 2. The molecule has 0 amide bonds. The van der Waals surface area contributed by atoms with Crippen LogP contribution in [0.3, 0.4) is 0 Å². The van der Waals surface area contributed by atoms with Crippen LogP contribution in [-0.2, 0) is 0 Å². The summed E-state index contributed by atoms with van der Waals surface area (Å²) in [6, 6.07) is 14.3. The Balaban J connectivity index is 2.21. The topological polar surface area (TPSA) is 23.4 Å². The quantitative estimate of drug-likeness (QED) is 0.717. The van der Waals surface area contributed by atoms with Crippen molar-refractivity contribution in [2.45, 2.75) is 6.92 Å². The Morgan fingerprint density at radius 1 is 0.900 bits per heavy atom. The summed E-state index contributed by atoms with van der Waals surface area (Å²) in [5.74, 6) is 1.48. The molecule has 0 aliphatic heterocycles. The van der Waals surface area contributed by atoms with Crippen LogP contribution in [0, 0.1) is 6.92 Å². The van der Waals surface area contributed by atoms with Crippen molar-refractivity contribution < 1.29 is 9.47 Å². The number of aryl methyl sites for hydroxylation is 1. The van der Waals surface area contributed by atoms with Crippen LogP contribution in [0.2, 0.25) is 0 Å². The molecule has 0 spiro atoms. The van der Waals surface area contributed by atoms with Crippen molar-refractivity contribution in [1.82, 2.24) is 4.57 Å². The Hall–Kier alpha value is -2.42. The van der Waals surface area contributed by atoms with Gasteiger partial charge in [0.05, 0.1) is 19.7 Å². The fourth-order valence-electron chi connectivity index (χ4n) is 2.54. The van der Waals surface area contributed by atoms with Crippen LogP contribution >= 0.6 is 0 Å². The lowest BCUT2D eigenvalue weighted by molar-refractivity contribution is 0.355. The maximum Gasteiger partial charge on any atom is 0.162 e. The number of benzene rings is 2. The molecule has 0 aliphatic carbocycles. The summed E-state index contributed by atoms with van der Waals surface area (Å²) in [4.78, 5) is 0. The summed E-state index contributed by atoms with van der Waals surface area (Å²) in [7, 11) is 3.30. The Labute approximate surface area is 118 Å². The molecule has 3 rings (SSSR count). The van der Waals surface area contributed by atoms with Crippen molar-refractivity contribution in [3.63, 3.8) is 0 Å². The minimum atomic E-state index is 0.737. The van der Waals surface area contributed by atoms with Gasteiger partial charge in [0.2, 0.25) is 0 Å². The number of nitrogens with zero attached hydrogens (tertiary/aromatic N) is 1. The van der Waals surface area contributed by atoms with Crippen LogP contribution in [0.25, 0.3) is 16.6 Å². The molecule has 0 aliphatic rings. The van der Waals surface area contributed by atoms with Crippen molar-refractivity contribution in [3.05, 3.63) is 54.2 Å². The van der Waals surface area contributed by atoms with Crippen molar-refractivity contribution >= 4 is 10.9 Å². The van der Waals surface area contributed by atoms with Crippen molar-refractivity contribution in [2.24, 2.45) is 0 Å². The van der Waals surface area contributed by atoms with E-state index in [1.807, 2.05) is 18.2 Å². The van der Waals surface area contributed by atoms with Crippen LogP contribution in [0.5, 0.6) is 11.5 Å². The third-order valence-corrected chi connectivity index (χ3v) is 3.56. The normalized spacial score (nSPS) is 10.8. The molecule has 2 aromatic carbocycles. The van der Waals surface area contributed by atoms with E-state index < -0.39 is 0 Å². The van der Waals surface area contributed by atoms with E-state index in [4.69, 9.17) is 9.47 Å². The second kappa shape index (κ2) is 4.93. The summed E-state index contributed by atoms with van der Waals surface area (Å²) < 4.78 is 12.8. The average molecular weight is 267 g/mol. The zero-order valence-electron chi connectivity index (χ0n) is 11.9. The van der Waals surface area contributed by atoms with E-state index in [-0.39, 0.29) is 0 Å². The zero-order chi connectivity index (χ0) is 14.1. The highest BCUT2D eigenvalue weighted by Gasteiger charge is 2.09. The van der Waals surface area contributed by atoms with Gasteiger partial charge in [-0.15, -0.1) is 0 Å². The smallest absolute Gasteiger partial charge is 0.162 e. The van der Waals surface area contributed by atoms with Crippen molar-refractivity contribution in [3.8, 4) is 17.2 Å². The molecule has 1 heterocycles. The Morgan fingerprint density at radius 2 is 1.65 bits per heavy atom. The van der Waals surface area contributed by atoms with Crippen LogP contribution in [0.15, 0.2) is 48.7 Å². The van der Waals surface area contributed by atoms with E-state index in [1.165, 1.54) is 16.5 Å². The molecule has 0 unspecified atom stereocenters. The van der Waals surface area contributed by atoms with Gasteiger partial charge in [0.25, 0.3) is 0 Å². The van der Waals surface area contributed by atoms with E-state index in [1.54, 1.807) is 14.2 Å². The first-order valence-electron chi connectivity index (χ1n) is 6.53. The summed E-state index contributed by atoms with van der Waals surface area (Å²) in [6.07, 6.45) is 2.14. The Kier molecular flexibility index (Phi) is 3.11. The first-order valence-corrected chi connectivity index (χ1v) is 6.53. The number of para-hydroxylation sites is 1. The van der Waals surface area contributed by atoms with E-state index in [9.17, 15) is 0 Å². The highest BCUT2D eigenvalue weighted by Crippen LogP contribution is 2.31. The van der Waals surface area contributed by atoms with E-state index in [0.29, 0.717) is 0 Å². The molecule has 0 fully saturated rings. The zero-order valence-corrected chi connectivity index (χ0v) is 11.9. The molecule has 0 saturated carbocycles. The molecular weight excluding hydrogens is 250 g/mol. The third-order valence-electron chi connectivity index (χ3n) is 3.56. The van der Waals surface area contributed by atoms with Gasteiger partial charge in [0.1, 0.15) is 0 Å². The number of methoxy groups -OCH3 is 2. The van der Waals surface area contributed by atoms with Gasteiger partial charge in [0, 0.05) is 23.3 Å². The lowest BCUT2D eigenvalue weighted by Gasteiger charge is -2.11. The molecule has 3 aromatic rings. The van der Waals surface area contributed by atoms with Crippen LogP contribution in [-0.4, -0.2) is 18.8 Å². The molecule has 0 saturated heterocycles. The van der Waals surface area contributed by atoms with Crippen LogP contribution in [0.4, 0.5) is 0 Å². The first-order chi connectivity index (χ1) is 9.74. The fourth-order valence-corrected chi connectivity index (χ4v) is 2.54. The summed E-state index contributed by atoms with van der Waals surface area (Å²) in [5.41, 5.74) is 3.51. The largest absolute Gasteiger partial charge is 0.493 e. The minimum absolute atomic E-state index is 0.737. The predicted molar refractivity (Wildman–Crippen MR) is 81.1 cm³/mol. The van der Waals surface area contributed by atoms with Crippen LogP contribution in [0.1, 0.15) is 5.56 Å². The highest BCUT2D eigenvalue weighted by molar-refractivity contribution is 5.85. The van der Waals surface area contributed by atoms with Gasteiger partial charge in [-0.25, -0.2) is 0 Å². The first kappa shape index (κ1) is 12.6. The maximum absolute atomic E-state index is 5.38. The lowest BCUT2D eigenvalue weighted by atomic mass is 10.2. The molecule has 3 nitrogen and oxygen atoms in total. The monoisotopic (exact) mass is 267 g/mol. The standard InChI is InChI=1S/C17H17NO2/c1-12-11-18(15-7-5-4-6-14(12)15)13-8-9-16(19-2)17(10-13)20-3/h4-11H,1-3H3. The van der Waals surface area contributed by atoms with Gasteiger partial charge < -0.3 is 14.0 Å². The molecule has 0 atom stereocenters. The van der Waals surface area contributed by atoms with Gasteiger partial charge >= 0.3 is 0 Å². The van der Waals surface area contributed by atoms with E-state index in [2.05, 4.69) is 42.0 Å². The Bertz CT molecular complexity index is 759. The molecule has 0 N–H and O–H groups in total. The van der Waals surface area contributed by atoms with Crippen LogP contribution < -0.4 is 9.47 Å². The number of hydrogen-bond donors (Lipinski definition) is 0. The van der Waals surface area contributed by atoms with E-state index in [0.717, 1.165) is 17.2 Å². The maximum atomic E-state index is 5.38. The second-order valence-electron chi connectivity index (χ2n) is 4.74. The summed E-state index contributed by atoms with van der Waals surface area (Å²) >= 11 is 0. The fraction of sp³-hybridized carbons (Fsp3) is 0.176. The van der Waals surface area contributed by atoms with Gasteiger partial charge in [-0.05, 0) is 30.7 Å². The number of fused-ring (bicyclic) bond motifs is 1. The van der Waals surface area contributed by atoms with Gasteiger partial charge in [-0.2, -0.15) is 0 Å². The van der Waals surface area contributed by atoms with Gasteiger partial charge in [-0.1, -0.05) is 18.2 Å². The minimum Gasteiger partial charge on any atom is -0.493 e. The third kappa shape index (κ3) is 1.92. The summed E-state index contributed by atoms with van der Waals surface area (Å²) in [5, 5.41) is 1.27. The molecule has 20 heavy (non-hydrogen) atoms. The number of rotatable bonds is 3. The van der Waals surface area contributed by atoms with Crippen molar-refractivity contribution in [2.75, 3.05) is 14.2 Å². The molecular formula is C17H17NO2. The summed E-state index contributed by atoms with van der Waals surface area (Å²) in [6.45, 7) is 2.12. The van der Waals surface area contributed by atoms with E-state index >= 15 is 0 Å². The molecule has 0 radical (unpaired) electrons. The Morgan fingerprint density at radius 3 is 2.40 bits per heavy atom. The number of aromatic nitrogens is 1. The SMILES string of the molecule is COc1ccc(-n2cc(C)c3ccccc32)cc1OC. The average Bonchev–Trinajstić information content (AvgIpc) is 2.84. The van der Waals surface area contributed by atoms with Gasteiger partial charge in [0.15, 0.2) is 11.5 Å². The molecule has 0 bridgehead atoms. The lowest BCUT2D eigenvalue weighted by Crippen LogP contribution is -1.95. The number of hydrogen-bond acceptors (Lipinski definition) is 2. The van der Waals surface area contributed by atoms with Crippen molar-refractivity contribution in [1.29, 1.82) is 0 Å².